The fraction of sp³-hybridized carbons (Fsp3) is 0.417. The number of hydrogen-bond acceptors (Lipinski definition) is 4. The van der Waals surface area contributed by atoms with E-state index in [1.807, 2.05) is 45.0 Å². The van der Waals surface area contributed by atoms with Crippen molar-refractivity contribution in [3.05, 3.63) is 58.6 Å². The molecule has 0 aliphatic carbocycles. The molecule has 0 saturated heterocycles. The monoisotopic (exact) mass is 446 g/mol. The number of aryl methyl sites for hydroxylation is 1. The molecule has 31 heavy (non-hydrogen) atoms. The number of carbonyl (C=O) groups excluding carboxylic acids is 2. The molecule has 0 spiro atoms. The van der Waals surface area contributed by atoms with Gasteiger partial charge in [0.1, 0.15) is 17.5 Å². The van der Waals surface area contributed by atoms with Crippen LogP contribution in [0.2, 0.25) is 5.02 Å². The van der Waals surface area contributed by atoms with E-state index in [-0.39, 0.29) is 25.0 Å². The number of amides is 2. The number of methoxy groups -OCH3 is 1. The van der Waals surface area contributed by atoms with Crippen molar-refractivity contribution in [1.82, 2.24) is 10.2 Å². The molecule has 0 saturated carbocycles. The van der Waals surface area contributed by atoms with Gasteiger partial charge in [0, 0.05) is 18.1 Å². The zero-order valence-corrected chi connectivity index (χ0v) is 19.5. The van der Waals surface area contributed by atoms with E-state index < -0.39 is 6.04 Å². The van der Waals surface area contributed by atoms with E-state index in [0.717, 1.165) is 16.9 Å². The maximum absolute atomic E-state index is 13.1. The van der Waals surface area contributed by atoms with Crippen molar-refractivity contribution in [2.45, 2.75) is 40.3 Å². The molecule has 0 heterocycles. The zero-order chi connectivity index (χ0) is 23.0. The highest BCUT2D eigenvalue weighted by Crippen LogP contribution is 2.21. The summed E-state index contributed by atoms with van der Waals surface area (Å²) in [7, 11) is 1.60. The van der Waals surface area contributed by atoms with Crippen LogP contribution in [-0.2, 0) is 16.1 Å². The fourth-order valence-electron chi connectivity index (χ4n) is 2.90. The van der Waals surface area contributed by atoms with Gasteiger partial charge in [0.05, 0.1) is 7.11 Å². The van der Waals surface area contributed by atoms with Gasteiger partial charge in [0.25, 0.3) is 5.91 Å². The van der Waals surface area contributed by atoms with Crippen LogP contribution >= 0.6 is 11.6 Å². The Hall–Kier alpha value is -2.73. The number of nitrogens with one attached hydrogen (secondary N) is 1. The Bertz CT molecular complexity index is 884. The van der Waals surface area contributed by atoms with Gasteiger partial charge >= 0.3 is 0 Å². The lowest BCUT2D eigenvalue weighted by atomic mass is 10.1. The molecule has 2 amide bonds. The Morgan fingerprint density at radius 3 is 2.29 bits per heavy atom. The Kier molecular flexibility index (Phi) is 9.19. The number of hydrogen-bond donors (Lipinski definition) is 1. The Morgan fingerprint density at radius 1 is 1.06 bits per heavy atom. The smallest absolute Gasteiger partial charge is 0.261 e. The number of carbonyl (C=O) groups is 2. The quantitative estimate of drug-likeness (QED) is 0.593. The van der Waals surface area contributed by atoms with Crippen LogP contribution in [0.25, 0.3) is 0 Å². The van der Waals surface area contributed by atoms with E-state index in [2.05, 4.69) is 5.32 Å². The first-order valence-electron chi connectivity index (χ1n) is 10.3. The van der Waals surface area contributed by atoms with Gasteiger partial charge in [-0.05, 0) is 61.2 Å². The molecule has 0 aliphatic heterocycles. The van der Waals surface area contributed by atoms with Gasteiger partial charge in [-0.3, -0.25) is 9.59 Å². The highest BCUT2D eigenvalue weighted by atomic mass is 35.5. The van der Waals surface area contributed by atoms with Crippen molar-refractivity contribution in [3.63, 3.8) is 0 Å². The summed E-state index contributed by atoms with van der Waals surface area (Å²) in [5, 5.41) is 3.53. The van der Waals surface area contributed by atoms with Crippen LogP contribution < -0.4 is 14.8 Å². The van der Waals surface area contributed by atoms with E-state index in [9.17, 15) is 9.59 Å². The van der Waals surface area contributed by atoms with Gasteiger partial charge in [-0.1, -0.05) is 37.6 Å². The van der Waals surface area contributed by atoms with Crippen molar-refractivity contribution >= 4 is 23.4 Å². The Balaban J connectivity index is 2.14. The van der Waals surface area contributed by atoms with Gasteiger partial charge in [0.2, 0.25) is 5.91 Å². The number of rotatable bonds is 10. The number of benzene rings is 2. The molecule has 0 fully saturated rings. The summed E-state index contributed by atoms with van der Waals surface area (Å²) in [6.45, 7) is 8.29. The average Bonchev–Trinajstić information content (AvgIpc) is 2.76. The summed E-state index contributed by atoms with van der Waals surface area (Å²) in [5.41, 5.74) is 1.75. The van der Waals surface area contributed by atoms with E-state index in [0.29, 0.717) is 23.2 Å². The molecular weight excluding hydrogens is 416 g/mol. The molecule has 0 bridgehead atoms. The van der Waals surface area contributed by atoms with Crippen LogP contribution in [0.1, 0.15) is 31.9 Å². The second kappa shape index (κ2) is 11.6. The van der Waals surface area contributed by atoms with Crippen LogP contribution in [0.4, 0.5) is 0 Å². The predicted molar refractivity (Wildman–Crippen MR) is 123 cm³/mol. The molecule has 168 valence electrons. The number of ether oxygens (including phenoxy) is 2. The first-order chi connectivity index (χ1) is 14.7. The van der Waals surface area contributed by atoms with Crippen LogP contribution in [0, 0.1) is 12.8 Å². The van der Waals surface area contributed by atoms with E-state index in [4.69, 9.17) is 21.1 Å². The maximum Gasteiger partial charge on any atom is 0.261 e. The van der Waals surface area contributed by atoms with Gasteiger partial charge < -0.3 is 19.7 Å². The summed E-state index contributed by atoms with van der Waals surface area (Å²) in [4.78, 5) is 27.2. The number of halogens is 1. The molecule has 2 aromatic carbocycles. The molecule has 0 radical (unpaired) electrons. The summed E-state index contributed by atoms with van der Waals surface area (Å²) >= 11 is 6.05. The Labute approximate surface area is 189 Å². The minimum absolute atomic E-state index is 0.182. The van der Waals surface area contributed by atoms with Crippen LogP contribution in [0.3, 0.4) is 0 Å². The van der Waals surface area contributed by atoms with Gasteiger partial charge in [0.15, 0.2) is 6.61 Å². The second-order valence-electron chi connectivity index (χ2n) is 7.88. The van der Waals surface area contributed by atoms with Gasteiger partial charge in [-0.15, -0.1) is 0 Å². The Morgan fingerprint density at radius 2 is 1.71 bits per heavy atom. The van der Waals surface area contributed by atoms with Crippen molar-refractivity contribution in [2.24, 2.45) is 5.92 Å². The number of nitrogens with zero attached hydrogens (tertiary/aromatic N) is 1. The lowest BCUT2D eigenvalue weighted by Gasteiger charge is -2.29. The fourth-order valence-corrected chi connectivity index (χ4v) is 3.02. The molecule has 6 nitrogen and oxygen atoms in total. The summed E-state index contributed by atoms with van der Waals surface area (Å²) < 4.78 is 10.9. The highest BCUT2D eigenvalue weighted by Gasteiger charge is 2.26. The van der Waals surface area contributed by atoms with Gasteiger partial charge in [-0.2, -0.15) is 0 Å². The van der Waals surface area contributed by atoms with Crippen molar-refractivity contribution < 1.29 is 19.1 Å². The lowest BCUT2D eigenvalue weighted by Crippen LogP contribution is -2.49. The third kappa shape index (κ3) is 7.47. The highest BCUT2D eigenvalue weighted by molar-refractivity contribution is 6.31. The van der Waals surface area contributed by atoms with Crippen LogP contribution in [0.15, 0.2) is 42.5 Å². The second-order valence-corrected chi connectivity index (χ2v) is 8.29. The molecule has 7 heteroatoms. The third-order valence-electron chi connectivity index (χ3n) is 4.86. The molecule has 1 atom stereocenters. The average molecular weight is 447 g/mol. The normalized spacial score (nSPS) is 11.7. The van der Waals surface area contributed by atoms with Crippen LogP contribution in [0.5, 0.6) is 11.5 Å². The molecule has 0 unspecified atom stereocenters. The van der Waals surface area contributed by atoms with Crippen LogP contribution in [-0.4, -0.2) is 43.0 Å². The topological polar surface area (TPSA) is 67.9 Å². The predicted octanol–water partition coefficient (Wildman–Crippen LogP) is 4.23. The maximum atomic E-state index is 13.1. The SMILES string of the molecule is COc1ccc(CN(C(=O)COc2ccc(Cl)c(C)c2)[C@H](C)C(=O)NCC(C)C)cc1. The summed E-state index contributed by atoms with van der Waals surface area (Å²) in [6, 6.07) is 12.0. The molecule has 2 aromatic rings. The molecular formula is C24H31ClN2O4. The van der Waals surface area contributed by atoms with Crippen molar-refractivity contribution in [1.29, 1.82) is 0 Å². The van der Waals surface area contributed by atoms with E-state index in [1.54, 1.807) is 32.2 Å². The largest absolute Gasteiger partial charge is 0.497 e. The van der Waals surface area contributed by atoms with Crippen molar-refractivity contribution in [3.8, 4) is 11.5 Å². The lowest BCUT2D eigenvalue weighted by molar-refractivity contribution is -0.142. The molecule has 2 rings (SSSR count). The minimum Gasteiger partial charge on any atom is -0.497 e. The third-order valence-corrected chi connectivity index (χ3v) is 5.28. The van der Waals surface area contributed by atoms with E-state index in [1.165, 1.54) is 4.90 Å². The molecule has 0 aliphatic rings. The molecule has 0 aromatic heterocycles. The minimum atomic E-state index is -0.649. The summed E-state index contributed by atoms with van der Waals surface area (Å²) in [5.74, 6) is 1.12. The van der Waals surface area contributed by atoms with Crippen molar-refractivity contribution in [2.75, 3.05) is 20.3 Å². The van der Waals surface area contributed by atoms with E-state index >= 15 is 0 Å². The first kappa shape index (κ1) is 24.5. The standard InChI is InChI=1S/C24H31ClN2O4/c1-16(2)13-26-24(29)18(4)27(14-19-6-8-20(30-5)9-7-19)23(28)15-31-21-10-11-22(25)17(3)12-21/h6-12,16,18H,13-15H2,1-5H3,(H,26,29)/t18-/m1/s1. The first-order valence-corrected chi connectivity index (χ1v) is 10.7. The van der Waals surface area contributed by atoms with Gasteiger partial charge in [-0.25, -0.2) is 0 Å². The molecule has 1 N–H and O–H groups in total. The zero-order valence-electron chi connectivity index (χ0n) is 18.8. The summed E-state index contributed by atoms with van der Waals surface area (Å²) in [6.07, 6.45) is 0.